The van der Waals surface area contributed by atoms with Crippen molar-refractivity contribution in [2.75, 3.05) is 0 Å². The van der Waals surface area contributed by atoms with E-state index in [2.05, 4.69) is 130 Å². The molecule has 0 aliphatic heterocycles. The second-order valence-corrected chi connectivity index (χ2v) is 11.8. The lowest BCUT2D eigenvalue weighted by Crippen LogP contribution is -1.99. The maximum absolute atomic E-state index is 5.42. The largest absolute Gasteiger partial charge is 0.308 e. The second kappa shape index (κ2) is 7.88. The third kappa shape index (κ3) is 2.65. The number of para-hydroxylation sites is 2. The number of rotatable bonds is 1. The zero-order valence-electron chi connectivity index (χ0n) is 23.5. The van der Waals surface area contributed by atoms with Gasteiger partial charge in [-0.05, 0) is 41.8 Å². The van der Waals surface area contributed by atoms with Crippen LogP contribution in [0.5, 0.6) is 0 Å². The fraction of sp³-hybridized carbons (Fsp3) is 0. The van der Waals surface area contributed by atoms with Gasteiger partial charge in [-0.1, -0.05) is 91.0 Å². The summed E-state index contributed by atoms with van der Waals surface area (Å²) < 4.78 is 4.88. The van der Waals surface area contributed by atoms with Gasteiger partial charge >= 0.3 is 0 Å². The summed E-state index contributed by atoms with van der Waals surface area (Å²) in [5.74, 6) is 0.898. The van der Waals surface area contributed by atoms with Gasteiger partial charge in [0, 0.05) is 54.7 Å². The van der Waals surface area contributed by atoms with Gasteiger partial charge in [-0.2, -0.15) is 0 Å². The Morgan fingerprint density at radius 2 is 1.09 bits per heavy atom. The summed E-state index contributed by atoms with van der Waals surface area (Å²) >= 11 is 0. The van der Waals surface area contributed by atoms with Crippen molar-refractivity contribution in [2.24, 2.45) is 0 Å². The monoisotopic (exact) mass is 558 g/mol. The predicted molar refractivity (Wildman–Crippen MR) is 184 cm³/mol. The lowest BCUT2D eigenvalue weighted by Gasteiger charge is -2.12. The smallest absolute Gasteiger partial charge is 0.138 e. The summed E-state index contributed by atoms with van der Waals surface area (Å²) in [6.45, 7) is 0. The average molecular weight is 559 g/mol. The lowest BCUT2D eigenvalue weighted by atomic mass is 10.0. The molecule has 0 fully saturated rings. The van der Waals surface area contributed by atoms with Gasteiger partial charge in [-0.25, -0.2) is 4.98 Å². The Hall–Kier alpha value is -6.00. The summed E-state index contributed by atoms with van der Waals surface area (Å²) in [7, 11) is 0. The van der Waals surface area contributed by atoms with E-state index >= 15 is 0 Å². The Bertz CT molecular complexity index is 3000. The number of aromatic nitrogens is 4. The molecule has 0 atom stereocenters. The standard InChI is InChI=1S/C40H22N4/c1-2-10-26-23(8-1)17-19-28-31-22-30-27-11-3-5-13-32(27)43-33-14-6-4-12-29(33)35(39(30)43)40(31)44(38(26)28)34-20-18-25-16-15-24-9-7-21-41-36(24)37(25)42-34/h1-22H. The van der Waals surface area contributed by atoms with Gasteiger partial charge in [-0.15, -0.1) is 0 Å². The third-order valence-corrected chi connectivity index (χ3v) is 9.63. The van der Waals surface area contributed by atoms with Crippen LogP contribution >= 0.6 is 0 Å². The SMILES string of the molecule is c1ccc2c(c1)ccc1c3cc4c5ccccc5n5c6ccccc6c(c3n(-c3ccc6ccc7cccnc7c6n3)c21)c45. The summed E-state index contributed by atoms with van der Waals surface area (Å²) in [6, 6.07) is 46.0. The Kier molecular flexibility index (Phi) is 4.04. The highest BCUT2D eigenvalue weighted by Gasteiger charge is 2.25. The summed E-state index contributed by atoms with van der Waals surface area (Å²) in [6.07, 6.45) is 1.86. The summed E-state index contributed by atoms with van der Waals surface area (Å²) in [4.78, 5) is 10.2. The molecular weight excluding hydrogens is 536 g/mol. The molecule has 0 bridgehead atoms. The van der Waals surface area contributed by atoms with Crippen LogP contribution in [0.15, 0.2) is 134 Å². The van der Waals surface area contributed by atoms with Crippen molar-refractivity contribution in [3.8, 4) is 5.82 Å². The number of hydrogen-bond acceptors (Lipinski definition) is 2. The molecule has 4 heteroatoms. The van der Waals surface area contributed by atoms with E-state index < -0.39 is 0 Å². The van der Waals surface area contributed by atoms with Gasteiger partial charge < -0.3 is 4.40 Å². The first-order valence-corrected chi connectivity index (χ1v) is 15.0. The minimum absolute atomic E-state index is 0.898. The van der Waals surface area contributed by atoms with E-state index in [0.717, 1.165) is 27.6 Å². The molecule has 11 rings (SSSR count). The van der Waals surface area contributed by atoms with Crippen molar-refractivity contribution in [1.82, 2.24) is 18.9 Å². The van der Waals surface area contributed by atoms with Crippen LogP contribution in [-0.4, -0.2) is 18.9 Å². The molecule has 0 saturated carbocycles. The van der Waals surface area contributed by atoms with Crippen LogP contribution < -0.4 is 0 Å². The zero-order valence-corrected chi connectivity index (χ0v) is 23.5. The molecule has 0 radical (unpaired) electrons. The minimum atomic E-state index is 0.898. The number of nitrogens with zero attached hydrogens (tertiary/aromatic N) is 4. The molecule has 11 aromatic rings. The van der Waals surface area contributed by atoms with Crippen molar-refractivity contribution < 1.29 is 0 Å². The van der Waals surface area contributed by atoms with Crippen molar-refractivity contribution >= 4 is 92.5 Å². The molecule has 6 aromatic carbocycles. The van der Waals surface area contributed by atoms with E-state index in [1.807, 2.05) is 12.3 Å². The van der Waals surface area contributed by atoms with Crippen LogP contribution in [0, 0.1) is 0 Å². The van der Waals surface area contributed by atoms with Gasteiger partial charge in [0.2, 0.25) is 0 Å². The maximum Gasteiger partial charge on any atom is 0.138 e. The third-order valence-electron chi connectivity index (χ3n) is 9.63. The second-order valence-electron chi connectivity index (χ2n) is 11.8. The van der Waals surface area contributed by atoms with E-state index in [0.29, 0.717) is 0 Å². The fourth-order valence-electron chi connectivity index (χ4n) is 7.83. The molecule has 5 heterocycles. The van der Waals surface area contributed by atoms with Gasteiger partial charge in [0.25, 0.3) is 0 Å². The Morgan fingerprint density at radius 3 is 1.98 bits per heavy atom. The highest BCUT2D eigenvalue weighted by Crippen LogP contribution is 2.47. The van der Waals surface area contributed by atoms with E-state index in [1.54, 1.807) is 0 Å². The van der Waals surface area contributed by atoms with Crippen LogP contribution in [-0.2, 0) is 0 Å². The quantitative estimate of drug-likeness (QED) is 0.188. The van der Waals surface area contributed by atoms with Crippen molar-refractivity contribution in [3.05, 3.63) is 134 Å². The number of fused-ring (bicyclic) bond motifs is 15. The van der Waals surface area contributed by atoms with Crippen LogP contribution in [0.25, 0.3) is 98.3 Å². The highest BCUT2D eigenvalue weighted by atomic mass is 15.1. The van der Waals surface area contributed by atoms with Crippen molar-refractivity contribution in [1.29, 1.82) is 0 Å². The van der Waals surface area contributed by atoms with Crippen LogP contribution in [0.4, 0.5) is 0 Å². The molecule has 5 aromatic heterocycles. The average Bonchev–Trinajstić information content (AvgIpc) is 3.72. The van der Waals surface area contributed by atoms with Crippen molar-refractivity contribution in [2.45, 2.75) is 0 Å². The normalized spacial score (nSPS) is 12.5. The van der Waals surface area contributed by atoms with Gasteiger partial charge in [-0.3, -0.25) is 9.55 Å². The first-order chi connectivity index (χ1) is 21.8. The van der Waals surface area contributed by atoms with E-state index in [1.165, 1.54) is 70.7 Å². The molecule has 4 nitrogen and oxygen atoms in total. The van der Waals surface area contributed by atoms with E-state index in [9.17, 15) is 0 Å². The molecule has 0 aliphatic carbocycles. The molecule has 0 unspecified atom stereocenters. The molecule has 0 spiro atoms. The number of pyridine rings is 2. The Labute approximate surface area is 250 Å². The minimum Gasteiger partial charge on any atom is -0.308 e. The van der Waals surface area contributed by atoms with Crippen molar-refractivity contribution in [3.63, 3.8) is 0 Å². The molecule has 44 heavy (non-hydrogen) atoms. The molecule has 0 saturated heterocycles. The number of benzene rings is 6. The summed E-state index contributed by atoms with van der Waals surface area (Å²) in [5, 5.41) is 12.2. The van der Waals surface area contributed by atoms with Gasteiger partial charge in [0.15, 0.2) is 0 Å². The maximum atomic E-state index is 5.42. The molecule has 0 aliphatic rings. The van der Waals surface area contributed by atoms with Gasteiger partial charge in [0.1, 0.15) is 5.82 Å². The zero-order chi connectivity index (χ0) is 28.5. The van der Waals surface area contributed by atoms with Crippen LogP contribution in [0.2, 0.25) is 0 Å². The first-order valence-electron chi connectivity index (χ1n) is 15.0. The van der Waals surface area contributed by atoms with Crippen LogP contribution in [0.1, 0.15) is 0 Å². The first kappa shape index (κ1) is 22.6. The van der Waals surface area contributed by atoms with E-state index in [-0.39, 0.29) is 0 Å². The van der Waals surface area contributed by atoms with Crippen LogP contribution in [0.3, 0.4) is 0 Å². The Balaban J connectivity index is 1.45. The van der Waals surface area contributed by atoms with E-state index in [4.69, 9.17) is 9.97 Å². The lowest BCUT2D eigenvalue weighted by molar-refractivity contribution is 1.11. The topological polar surface area (TPSA) is 35.1 Å². The van der Waals surface area contributed by atoms with Gasteiger partial charge in [0.05, 0.1) is 38.6 Å². The Morgan fingerprint density at radius 1 is 0.432 bits per heavy atom. The molecule has 0 amide bonds. The molecule has 202 valence electrons. The molecular formula is C40H22N4. The fourth-order valence-corrected chi connectivity index (χ4v) is 7.83. The predicted octanol–water partition coefficient (Wildman–Crippen LogP) is 10.2. The number of hydrogen-bond donors (Lipinski definition) is 0. The highest BCUT2D eigenvalue weighted by molar-refractivity contribution is 6.35. The summed E-state index contributed by atoms with van der Waals surface area (Å²) in [5.41, 5.74) is 7.95. The molecule has 0 N–H and O–H groups in total.